The third-order valence-corrected chi connectivity index (χ3v) is 4.25. The van der Waals surface area contributed by atoms with Gasteiger partial charge in [-0.2, -0.15) is 0 Å². The quantitative estimate of drug-likeness (QED) is 0.666. The van der Waals surface area contributed by atoms with E-state index in [0.717, 1.165) is 16.5 Å². The van der Waals surface area contributed by atoms with Gasteiger partial charge in [-0.05, 0) is 30.7 Å². The number of aryl methyl sites for hydroxylation is 1. The molecule has 1 N–H and O–H groups in total. The van der Waals surface area contributed by atoms with E-state index in [-0.39, 0.29) is 11.3 Å². The van der Waals surface area contributed by atoms with Crippen LogP contribution in [0.3, 0.4) is 0 Å². The van der Waals surface area contributed by atoms with Crippen molar-refractivity contribution < 1.29 is 14.8 Å². The molecule has 2 aromatic rings. The highest BCUT2D eigenvalue weighted by atomic mass is 35.5. The van der Waals surface area contributed by atoms with Crippen molar-refractivity contribution in [3.05, 3.63) is 62.7 Å². The van der Waals surface area contributed by atoms with Crippen LogP contribution in [-0.2, 0) is 0 Å². The van der Waals surface area contributed by atoms with Gasteiger partial charge in [-0.15, -0.1) is 0 Å². The summed E-state index contributed by atoms with van der Waals surface area (Å²) in [5, 5.41) is 20.5. The van der Waals surface area contributed by atoms with Crippen molar-refractivity contribution in [2.45, 2.75) is 16.7 Å². The fraction of sp³-hybridized carbons (Fsp3) is 0.0714. The smallest absolute Gasteiger partial charge is 0.337 e. The summed E-state index contributed by atoms with van der Waals surface area (Å²) >= 11 is 7.15. The van der Waals surface area contributed by atoms with E-state index in [2.05, 4.69) is 0 Å². The van der Waals surface area contributed by atoms with E-state index in [0.29, 0.717) is 9.92 Å². The Labute approximate surface area is 129 Å². The summed E-state index contributed by atoms with van der Waals surface area (Å²) < 4.78 is 0. The second-order valence-electron chi connectivity index (χ2n) is 4.25. The van der Waals surface area contributed by atoms with E-state index >= 15 is 0 Å². The fourth-order valence-electron chi connectivity index (χ4n) is 1.69. The van der Waals surface area contributed by atoms with Crippen LogP contribution in [0, 0.1) is 17.0 Å². The van der Waals surface area contributed by atoms with Crippen molar-refractivity contribution in [2.75, 3.05) is 0 Å². The molecular formula is C14H10ClNO4S. The second-order valence-corrected chi connectivity index (χ2v) is 5.77. The van der Waals surface area contributed by atoms with Crippen LogP contribution in [0.2, 0.25) is 5.02 Å². The molecule has 0 saturated heterocycles. The predicted octanol–water partition coefficient (Wildman–Crippen LogP) is 4.41. The van der Waals surface area contributed by atoms with Gasteiger partial charge in [0.1, 0.15) is 0 Å². The highest BCUT2D eigenvalue weighted by Gasteiger charge is 2.17. The first-order chi connectivity index (χ1) is 9.88. The number of carbonyl (C=O) groups is 1. The minimum Gasteiger partial charge on any atom is -0.478 e. The molecule has 0 amide bonds. The maximum atomic E-state index is 11.3. The zero-order valence-corrected chi connectivity index (χ0v) is 12.4. The van der Waals surface area contributed by atoms with Gasteiger partial charge in [0.05, 0.1) is 10.5 Å². The number of hydrogen-bond acceptors (Lipinski definition) is 4. The molecule has 0 unspecified atom stereocenters. The summed E-state index contributed by atoms with van der Waals surface area (Å²) in [6.07, 6.45) is 0. The minimum atomic E-state index is -1.21. The van der Waals surface area contributed by atoms with Gasteiger partial charge in [0.2, 0.25) is 0 Å². The standard InChI is InChI=1S/C14H10ClNO4S/c1-8-2-3-9(15)6-13(8)21-12-5-4-10(16(19)20)7-11(12)14(17)18/h2-7H,1H3,(H,17,18). The number of carboxylic acids is 1. The molecule has 0 fully saturated rings. The average molecular weight is 324 g/mol. The highest BCUT2D eigenvalue weighted by molar-refractivity contribution is 7.99. The van der Waals surface area contributed by atoms with Crippen LogP contribution in [-0.4, -0.2) is 16.0 Å². The van der Waals surface area contributed by atoms with Crippen LogP contribution in [0.1, 0.15) is 15.9 Å². The molecule has 0 aromatic heterocycles. The lowest BCUT2D eigenvalue weighted by Gasteiger charge is -2.08. The normalized spacial score (nSPS) is 10.4. The summed E-state index contributed by atoms with van der Waals surface area (Å²) in [5.41, 5.74) is 0.590. The largest absolute Gasteiger partial charge is 0.478 e. The van der Waals surface area contributed by atoms with Crippen molar-refractivity contribution in [1.82, 2.24) is 0 Å². The molecule has 0 bridgehead atoms. The number of aromatic carboxylic acids is 1. The first kappa shape index (κ1) is 15.3. The van der Waals surface area contributed by atoms with E-state index in [1.165, 1.54) is 23.9 Å². The average Bonchev–Trinajstić information content (AvgIpc) is 2.42. The number of rotatable bonds is 4. The SMILES string of the molecule is Cc1ccc(Cl)cc1Sc1ccc([N+](=O)[O-])cc1C(=O)O. The molecule has 7 heteroatoms. The van der Waals surface area contributed by atoms with Gasteiger partial charge in [-0.3, -0.25) is 10.1 Å². The Morgan fingerprint density at radius 1 is 1.24 bits per heavy atom. The number of non-ortho nitro benzene ring substituents is 1. The molecule has 0 aliphatic carbocycles. The Bertz CT molecular complexity index is 733. The molecule has 5 nitrogen and oxygen atoms in total. The minimum absolute atomic E-state index is 0.103. The van der Waals surface area contributed by atoms with Crippen molar-refractivity contribution in [3.63, 3.8) is 0 Å². The van der Waals surface area contributed by atoms with E-state index in [1.807, 2.05) is 13.0 Å². The lowest BCUT2D eigenvalue weighted by Crippen LogP contribution is -2.00. The predicted molar refractivity (Wildman–Crippen MR) is 80.4 cm³/mol. The zero-order valence-electron chi connectivity index (χ0n) is 10.9. The Morgan fingerprint density at radius 2 is 1.95 bits per heavy atom. The Morgan fingerprint density at radius 3 is 2.57 bits per heavy atom. The Balaban J connectivity index is 2.46. The van der Waals surface area contributed by atoms with Gasteiger partial charge in [0.15, 0.2) is 0 Å². The fourth-order valence-corrected chi connectivity index (χ4v) is 2.97. The van der Waals surface area contributed by atoms with Crippen LogP contribution in [0.15, 0.2) is 46.2 Å². The first-order valence-corrected chi connectivity index (χ1v) is 7.03. The number of hydrogen-bond donors (Lipinski definition) is 1. The Hall–Kier alpha value is -2.05. The van der Waals surface area contributed by atoms with Crippen molar-refractivity contribution in [1.29, 1.82) is 0 Å². The summed E-state index contributed by atoms with van der Waals surface area (Å²) in [6, 6.07) is 9.09. The van der Waals surface area contributed by atoms with E-state index in [1.54, 1.807) is 12.1 Å². The molecule has 0 atom stereocenters. The van der Waals surface area contributed by atoms with E-state index < -0.39 is 10.9 Å². The van der Waals surface area contributed by atoms with Crippen LogP contribution in [0.4, 0.5) is 5.69 Å². The van der Waals surface area contributed by atoms with E-state index in [4.69, 9.17) is 11.6 Å². The van der Waals surface area contributed by atoms with Gasteiger partial charge >= 0.3 is 5.97 Å². The number of nitrogens with zero attached hydrogens (tertiary/aromatic N) is 1. The number of benzene rings is 2. The van der Waals surface area contributed by atoms with Gasteiger partial charge in [-0.25, -0.2) is 4.79 Å². The molecule has 108 valence electrons. The number of nitro groups is 1. The van der Waals surface area contributed by atoms with Crippen LogP contribution < -0.4 is 0 Å². The summed E-state index contributed by atoms with van der Waals surface area (Å²) in [6.45, 7) is 1.88. The van der Waals surface area contributed by atoms with Crippen LogP contribution in [0.5, 0.6) is 0 Å². The van der Waals surface area contributed by atoms with Gasteiger partial charge in [0, 0.05) is 26.9 Å². The van der Waals surface area contributed by atoms with Gasteiger partial charge in [-0.1, -0.05) is 29.4 Å². The highest BCUT2D eigenvalue weighted by Crippen LogP contribution is 2.35. The monoisotopic (exact) mass is 323 g/mol. The summed E-state index contributed by atoms with van der Waals surface area (Å²) in [5.74, 6) is -1.21. The van der Waals surface area contributed by atoms with Crippen molar-refractivity contribution >= 4 is 35.0 Å². The molecule has 0 aliphatic heterocycles. The molecule has 21 heavy (non-hydrogen) atoms. The molecule has 0 radical (unpaired) electrons. The van der Waals surface area contributed by atoms with E-state index in [9.17, 15) is 20.0 Å². The summed E-state index contributed by atoms with van der Waals surface area (Å²) in [7, 11) is 0. The third-order valence-electron chi connectivity index (χ3n) is 2.77. The molecule has 2 rings (SSSR count). The maximum Gasteiger partial charge on any atom is 0.337 e. The number of carboxylic acid groups (broad SMARTS) is 1. The third kappa shape index (κ3) is 3.53. The maximum absolute atomic E-state index is 11.3. The molecule has 0 heterocycles. The van der Waals surface area contributed by atoms with Crippen LogP contribution in [0.25, 0.3) is 0 Å². The van der Waals surface area contributed by atoms with Gasteiger partial charge < -0.3 is 5.11 Å². The zero-order chi connectivity index (χ0) is 15.6. The molecular weight excluding hydrogens is 314 g/mol. The van der Waals surface area contributed by atoms with Crippen LogP contribution >= 0.6 is 23.4 Å². The lowest BCUT2D eigenvalue weighted by atomic mass is 10.2. The molecule has 2 aromatic carbocycles. The Kier molecular flexibility index (Phi) is 4.50. The van der Waals surface area contributed by atoms with Crippen molar-refractivity contribution in [3.8, 4) is 0 Å². The van der Waals surface area contributed by atoms with Crippen molar-refractivity contribution in [2.24, 2.45) is 0 Å². The first-order valence-electron chi connectivity index (χ1n) is 5.84. The second kappa shape index (κ2) is 6.15. The number of nitro benzene ring substituents is 1. The summed E-state index contributed by atoms with van der Waals surface area (Å²) in [4.78, 5) is 22.6. The molecule has 0 spiro atoms. The van der Waals surface area contributed by atoms with Gasteiger partial charge in [0.25, 0.3) is 5.69 Å². The lowest BCUT2D eigenvalue weighted by molar-refractivity contribution is -0.384. The molecule has 0 saturated carbocycles. The molecule has 0 aliphatic rings. The number of halogens is 1. The topological polar surface area (TPSA) is 80.4 Å².